The summed E-state index contributed by atoms with van der Waals surface area (Å²) in [6, 6.07) is 5.95. The normalized spacial score (nSPS) is 30.8. The quantitative estimate of drug-likeness (QED) is 0.763. The van der Waals surface area contributed by atoms with Crippen molar-refractivity contribution in [3.63, 3.8) is 0 Å². The van der Waals surface area contributed by atoms with Crippen LogP contribution in [0.1, 0.15) is 5.56 Å². The van der Waals surface area contributed by atoms with Gasteiger partial charge in [0.15, 0.2) is 11.5 Å². The maximum absolute atomic E-state index is 13.0. The molecule has 4 aliphatic rings. The number of carbonyl (C=O) groups excluding carboxylic acids is 1. The molecule has 1 amide bonds. The minimum Gasteiger partial charge on any atom is -0.481 e. The fourth-order valence-electron chi connectivity index (χ4n) is 4.53. The van der Waals surface area contributed by atoms with E-state index in [4.69, 9.17) is 14.2 Å². The summed E-state index contributed by atoms with van der Waals surface area (Å²) < 4.78 is 16.4. The number of carboxylic acids is 1. The number of carbonyl (C=O) groups is 2. The minimum absolute atomic E-state index is 0.105. The van der Waals surface area contributed by atoms with E-state index in [0.717, 1.165) is 36.7 Å². The molecule has 1 aromatic rings. The van der Waals surface area contributed by atoms with Gasteiger partial charge in [-0.2, -0.15) is 0 Å². The highest BCUT2D eigenvalue weighted by Crippen LogP contribution is 2.40. The second kappa shape index (κ2) is 6.79. The van der Waals surface area contributed by atoms with Crippen LogP contribution in [0.25, 0.3) is 0 Å². The second-order valence-corrected chi connectivity index (χ2v) is 7.63. The van der Waals surface area contributed by atoms with E-state index in [0.29, 0.717) is 13.1 Å². The average Bonchev–Trinajstić information content (AvgIpc) is 3.43. The molecule has 28 heavy (non-hydrogen) atoms. The Bertz CT molecular complexity index is 832. The molecule has 0 saturated carbocycles. The van der Waals surface area contributed by atoms with E-state index in [9.17, 15) is 14.7 Å². The number of aliphatic carboxylic acids is 1. The molecule has 2 fully saturated rings. The highest BCUT2D eigenvalue weighted by Gasteiger charge is 2.54. The van der Waals surface area contributed by atoms with E-state index >= 15 is 0 Å². The summed E-state index contributed by atoms with van der Waals surface area (Å²) in [5.41, 5.74) is 1.14. The van der Waals surface area contributed by atoms with Crippen LogP contribution >= 0.6 is 0 Å². The molecular formula is C20H22N2O6. The van der Waals surface area contributed by atoms with E-state index < -0.39 is 30.0 Å². The largest absolute Gasteiger partial charge is 0.481 e. The number of fused-ring (bicyclic) bond motifs is 3. The van der Waals surface area contributed by atoms with Crippen molar-refractivity contribution in [1.82, 2.24) is 9.80 Å². The van der Waals surface area contributed by atoms with Gasteiger partial charge in [-0.05, 0) is 17.7 Å². The van der Waals surface area contributed by atoms with Gasteiger partial charge < -0.3 is 24.2 Å². The summed E-state index contributed by atoms with van der Waals surface area (Å²) in [6.07, 6.45) is 2.69. The van der Waals surface area contributed by atoms with E-state index in [2.05, 4.69) is 4.90 Å². The molecule has 148 valence electrons. The molecule has 1 aromatic carbocycles. The summed E-state index contributed by atoms with van der Waals surface area (Å²) in [5, 5.41) is 9.51. The van der Waals surface area contributed by atoms with Crippen molar-refractivity contribution in [3.8, 4) is 11.5 Å². The third-order valence-electron chi connectivity index (χ3n) is 6.00. The molecule has 4 aliphatic heterocycles. The number of piperazine rings is 1. The Balaban J connectivity index is 1.20. The summed E-state index contributed by atoms with van der Waals surface area (Å²) in [5.74, 6) is -0.921. The smallest absolute Gasteiger partial charge is 0.310 e. The number of ether oxygens (including phenoxy) is 3. The van der Waals surface area contributed by atoms with Crippen LogP contribution in [0.2, 0.25) is 0 Å². The first-order valence-corrected chi connectivity index (χ1v) is 9.56. The second-order valence-electron chi connectivity index (χ2n) is 7.63. The summed E-state index contributed by atoms with van der Waals surface area (Å²) in [4.78, 5) is 28.7. The van der Waals surface area contributed by atoms with Gasteiger partial charge in [-0.15, -0.1) is 0 Å². The van der Waals surface area contributed by atoms with Crippen molar-refractivity contribution in [2.24, 2.45) is 11.8 Å². The lowest BCUT2D eigenvalue weighted by Crippen LogP contribution is -2.52. The molecule has 2 saturated heterocycles. The van der Waals surface area contributed by atoms with Crippen LogP contribution < -0.4 is 9.47 Å². The predicted octanol–water partition coefficient (Wildman–Crippen LogP) is 0.714. The van der Waals surface area contributed by atoms with Crippen LogP contribution in [0.15, 0.2) is 30.4 Å². The van der Waals surface area contributed by atoms with Crippen LogP contribution in [0, 0.1) is 11.8 Å². The van der Waals surface area contributed by atoms with E-state index in [1.807, 2.05) is 24.3 Å². The number of hydrogen-bond donors (Lipinski definition) is 1. The number of carboxylic acid groups (broad SMARTS) is 1. The Morgan fingerprint density at radius 2 is 1.71 bits per heavy atom. The van der Waals surface area contributed by atoms with Crippen LogP contribution in [0.4, 0.5) is 0 Å². The minimum atomic E-state index is -0.961. The Kier molecular flexibility index (Phi) is 4.25. The van der Waals surface area contributed by atoms with E-state index in [1.54, 1.807) is 11.0 Å². The zero-order valence-electron chi connectivity index (χ0n) is 15.3. The maximum Gasteiger partial charge on any atom is 0.310 e. The van der Waals surface area contributed by atoms with Gasteiger partial charge in [-0.1, -0.05) is 18.2 Å². The highest BCUT2D eigenvalue weighted by atomic mass is 16.7. The molecule has 0 spiro atoms. The first kappa shape index (κ1) is 17.5. The number of benzene rings is 1. The van der Waals surface area contributed by atoms with Gasteiger partial charge in [0.25, 0.3) is 0 Å². The van der Waals surface area contributed by atoms with Crippen molar-refractivity contribution in [2.45, 2.75) is 18.8 Å². The van der Waals surface area contributed by atoms with Gasteiger partial charge in [-0.3, -0.25) is 14.5 Å². The molecule has 5 rings (SSSR count). The van der Waals surface area contributed by atoms with E-state index in [-0.39, 0.29) is 12.7 Å². The zero-order valence-corrected chi connectivity index (χ0v) is 15.3. The Morgan fingerprint density at radius 3 is 2.46 bits per heavy atom. The van der Waals surface area contributed by atoms with Gasteiger partial charge in [0.05, 0.1) is 18.1 Å². The molecule has 2 bridgehead atoms. The van der Waals surface area contributed by atoms with Crippen molar-refractivity contribution in [2.75, 3.05) is 33.0 Å². The number of amides is 1. The SMILES string of the molecule is O=C(O)[C@@H]1[C@H](C(=O)N2CCN(Cc3ccc4c(c3)OCO4)CC2)[C@@H]2C=C[C@@H]1O2. The molecule has 4 atom stereocenters. The fraction of sp³-hybridized carbons (Fsp3) is 0.500. The zero-order chi connectivity index (χ0) is 19.3. The number of hydrogen-bond acceptors (Lipinski definition) is 6. The molecular weight excluding hydrogens is 364 g/mol. The molecule has 8 heteroatoms. The Labute approximate surface area is 162 Å². The first-order chi connectivity index (χ1) is 13.6. The van der Waals surface area contributed by atoms with Crippen LogP contribution in [-0.4, -0.2) is 72.0 Å². The maximum atomic E-state index is 13.0. The molecule has 8 nitrogen and oxygen atoms in total. The molecule has 0 radical (unpaired) electrons. The monoisotopic (exact) mass is 386 g/mol. The summed E-state index contributed by atoms with van der Waals surface area (Å²) in [7, 11) is 0. The number of rotatable bonds is 4. The third kappa shape index (κ3) is 2.93. The lowest BCUT2D eigenvalue weighted by atomic mass is 9.82. The molecule has 1 N–H and O–H groups in total. The van der Waals surface area contributed by atoms with Gasteiger partial charge in [0.2, 0.25) is 12.7 Å². The summed E-state index contributed by atoms with van der Waals surface area (Å²) >= 11 is 0. The van der Waals surface area contributed by atoms with Gasteiger partial charge >= 0.3 is 5.97 Å². The van der Waals surface area contributed by atoms with Gasteiger partial charge in [-0.25, -0.2) is 0 Å². The molecule has 4 heterocycles. The predicted molar refractivity (Wildman–Crippen MR) is 96.8 cm³/mol. The Morgan fingerprint density at radius 1 is 1.00 bits per heavy atom. The number of nitrogens with zero attached hydrogens (tertiary/aromatic N) is 2. The van der Waals surface area contributed by atoms with Crippen LogP contribution in [0.5, 0.6) is 11.5 Å². The molecule has 0 aromatic heterocycles. The standard InChI is InChI=1S/C20H22N2O6/c23-19(17-14-3-4-15(28-14)18(17)20(24)25)22-7-5-21(6-8-22)10-12-1-2-13-16(9-12)27-11-26-13/h1-4,9,14-15,17-18H,5-8,10-11H2,(H,24,25)/t14-,15-,17+,18-/m0/s1. The van der Waals surface area contributed by atoms with Gasteiger partial charge in [0, 0.05) is 32.7 Å². The van der Waals surface area contributed by atoms with Crippen LogP contribution in [0.3, 0.4) is 0 Å². The Hall–Kier alpha value is -2.58. The topological polar surface area (TPSA) is 88.5 Å². The average molecular weight is 386 g/mol. The van der Waals surface area contributed by atoms with Crippen molar-refractivity contribution >= 4 is 11.9 Å². The van der Waals surface area contributed by atoms with Crippen LogP contribution in [-0.2, 0) is 20.9 Å². The fourth-order valence-corrected chi connectivity index (χ4v) is 4.53. The lowest BCUT2D eigenvalue weighted by molar-refractivity contribution is -0.150. The van der Waals surface area contributed by atoms with E-state index in [1.165, 1.54) is 0 Å². The lowest BCUT2D eigenvalue weighted by Gasteiger charge is -2.37. The molecule has 0 aliphatic carbocycles. The summed E-state index contributed by atoms with van der Waals surface area (Å²) in [6.45, 7) is 3.71. The first-order valence-electron chi connectivity index (χ1n) is 9.56. The van der Waals surface area contributed by atoms with Gasteiger partial charge in [0.1, 0.15) is 5.92 Å². The van der Waals surface area contributed by atoms with Crippen molar-refractivity contribution in [3.05, 3.63) is 35.9 Å². The highest BCUT2D eigenvalue weighted by molar-refractivity contribution is 5.87. The molecule has 0 unspecified atom stereocenters. The third-order valence-corrected chi connectivity index (χ3v) is 6.00. The van der Waals surface area contributed by atoms with Crippen molar-refractivity contribution < 1.29 is 28.9 Å². The van der Waals surface area contributed by atoms with Crippen molar-refractivity contribution in [1.29, 1.82) is 0 Å².